The van der Waals surface area contributed by atoms with Crippen LogP contribution in [0.5, 0.6) is 11.5 Å². The van der Waals surface area contributed by atoms with E-state index >= 15 is 0 Å². The molecule has 2 amide bonds. The molecule has 1 aliphatic rings. The minimum atomic E-state index is -0.536. The molecule has 0 radical (unpaired) electrons. The number of amides is 2. The summed E-state index contributed by atoms with van der Waals surface area (Å²) in [6, 6.07) is 9.43. The maximum Gasteiger partial charge on any atom is 0.293 e. The van der Waals surface area contributed by atoms with Gasteiger partial charge in [-0.3, -0.25) is 24.6 Å². The van der Waals surface area contributed by atoms with Gasteiger partial charge < -0.3 is 9.47 Å². The van der Waals surface area contributed by atoms with Crippen molar-refractivity contribution in [2.45, 2.75) is 6.54 Å². The molecular formula is C19H15BrN2O6S. The fourth-order valence-corrected chi connectivity index (χ4v) is 4.26. The lowest BCUT2D eigenvalue weighted by Crippen LogP contribution is -2.27. The Bertz CT molecular complexity index is 1040. The molecule has 2 aromatic rings. The van der Waals surface area contributed by atoms with E-state index in [0.717, 1.165) is 16.7 Å². The summed E-state index contributed by atoms with van der Waals surface area (Å²) in [7, 11) is 3.01. The van der Waals surface area contributed by atoms with Crippen LogP contribution in [0, 0.1) is 10.1 Å². The molecule has 1 saturated heterocycles. The number of nitro groups is 1. The second-order valence-electron chi connectivity index (χ2n) is 5.89. The predicted octanol–water partition coefficient (Wildman–Crippen LogP) is 4.61. The van der Waals surface area contributed by atoms with Crippen LogP contribution in [-0.4, -0.2) is 35.2 Å². The van der Waals surface area contributed by atoms with E-state index in [9.17, 15) is 19.7 Å². The van der Waals surface area contributed by atoms with Crippen molar-refractivity contribution in [2.75, 3.05) is 14.2 Å². The number of thioether (sulfide) groups is 1. The highest BCUT2D eigenvalue weighted by Gasteiger charge is 2.36. The van der Waals surface area contributed by atoms with Gasteiger partial charge in [-0.1, -0.05) is 18.2 Å². The third-order valence-corrected chi connectivity index (χ3v) is 5.64. The number of methoxy groups -OCH3 is 2. The number of rotatable bonds is 6. The van der Waals surface area contributed by atoms with Gasteiger partial charge in [-0.05, 0) is 51.5 Å². The Balaban J connectivity index is 1.90. The van der Waals surface area contributed by atoms with Gasteiger partial charge in [-0.25, -0.2) is 0 Å². The van der Waals surface area contributed by atoms with Crippen LogP contribution < -0.4 is 9.47 Å². The first-order valence-corrected chi connectivity index (χ1v) is 9.85. The Labute approximate surface area is 178 Å². The number of nitrogens with zero attached hydrogens (tertiary/aromatic N) is 2. The smallest absolute Gasteiger partial charge is 0.293 e. The average molecular weight is 479 g/mol. The Morgan fingerprint density at radius 3 is 2.59 bits per heavy atom. The van der Waals surface area contributed by atoms with Crippen LogP contribution in [0.4, 0.5) is 10.5 Å². The summed E-state index contributed by atoms with van der Waals surface area (Å²) in [5, 5.41) is 10.7. The number of ether oxygens (including phenoxy) is 2. The highest BCUT2D eigenvalue weighted by molar-refractivity contribution is 9.10. The summed E-state index contributed by atoms with van der Waals surface area (Å²) in [4.78, 5) is 37.0. The van der Waals surface area contributed by atoms with Crippen molar-refractivity contribution in [3.63, 3.8) is 0 Å². The lowest BCUT2D eigenvalue weighted by molar-refractivity contribution is -0.385. The molecule has 0 saturated carbocycles. The van der Waals surface area contributed by atoms with Gasteiger partial charge in [0.25, 0.3) is 16.8 Å². The van der Waals surface area contributed by atoms with E-state index in [1.807, 2.05) is 0 Å². The lowest BCUT2D eigenvalue weighted by Gasteiger charge is -2.12. The van der Waals surface area contributed by atoms with E-state index in [2.05, 4.69) is 15.9 Å². The zero-order valence-corrected chi connectivity index (χ0v) is 17.8. The minimum absolute atomic E-state index is 0.139. The number of para-hydroxylation sites is 1. The molecule has 0 atom stereocenters. The van der Waals surface area contributed by atoms with Crippen LogP contribution in [0.2, 0.25) is 0 Å². The number of hydrogen-bond donors (Lipinski definition) is 0. The van der Waals surface area contributed by atoms with Crippen molar-refractivity contribution in [3.05, 3.63) is 67.0 Å². The second-order valence-corrected chi connectivity index (χ2v) is 7.74. The Hall–Kier alpha value is -2.85. The molecule has 10 heteroatoms. The van der Waals surface area contributed by atoms with E-state index in [1.165, 1.54) is 32.4 Å². The van der Waals surface area contributed by atoms with Crippen molar-refractivity contribution < 1.29 is 24.0 Å². The summed E-state index contributed by atoms with van der Waals surface area (Å²) in [6.07, 6.45) is 1.57. The summed E-state index contributed by atoms with van der Waals surface area (Å²) in [6.45, 7) is -0.172. The quantitative estimate of drug-likeness (QED) is 0.339. The van der Waals surface area contributed by atoms with Gasteiger partial charge in [0.15, 0.2) is 11.5 Å². The zero-order chi connectivity index (χ0) is 21.1. The first kappa shape index (κ1) is 20.9. The highest BCUT2D eigenvalue weighted by atomic mass is 79.9. The van der Waals surface area contributed by atoms with Crippen molar-refractivity contribution in [1.29, 1.82) is 0 Å². The molecule has 0 unspecified atom stereocenters. The largest absolute Gasteiger partial charge is 0.493 e. The number of carbonyl (C=O) groups is 2. The third-order valence-electron chi connectivity index (χ3n) is 4.14. The molecule has 3 rings (SSSR count). The zero-order valence-electron chi connectivity index (χ0n) is 15.4. The van der Waals surface area contributed by atoms with E-state index < -0.39 is 16.1 Å². The second kappa shape index (κ2) is 8.66. The molecule has 0 aromatic heterocycles. The molecule has 0 spiro atoms. The molecule has 1 heterocycles. The number of nitro benzene ring substituents is 1. The number of halogens is 1. The number of benzene rings is 2. The van der Waals surface area contributed by atoms with Crippen molar-refractivity contribution in [3.8, 4) is 11.5 Å². The van der Waals surface area contributed by atoms with Gasteiger partial charge in [0.1, 0.15) is 0 Å². The highest BCUT2D eigenvalue weighted by Crippen LogP contribution is 2.39. The fraction of sp³-hybridized carbons (Fsp3) is 0.158. The van der Waals surface area contributed by atoms with E-state index in [4.69, 9.17) is 9.47 Å². The number of imide groups is 1. The molecule has 0 bridgehead atoms. The number of carbonyl (C=O) groups excluding carboxylic acids is 2. The molecule has 0 aliphatic carbocycles. The molecule has 1 fully saturated rings. The summed E-state index contributed by atoms with van der Waals surface area (Å²) in [5.74, 6) is 0.463. The molecule has 2 aromatic carbocycles. The van der Waals surface area contributed by atoms with Gasteiger partial charge in [0.05, 0.1) is 35.1 Å². The fourth-order valence-electron chi connectivity index (χ4n) is 2.80. The SMILES string of the molecule is COc1cc(/C=C2\SC(=O)N(Cc3ccccc3[N+](=O)[O-])C2=O)cc(Br)c1OC. The van der Waals surface area contributed by atoms with Crippen molar-refractivity contribution in [1.82, 2.24) is 4.90 Å². The average Bonchev–Trinajstić information content (AvgIpc) is 2.95. The van der Waals surface area contributed by atoms with E-state index in [0.29, 0.717) is 21.5 Å². The standard InChI is InChI=1S/C19H15BrN2O6S/c1-27-15-8-11(7-13(20)17(15)28-2)9-16-18(23)21(19(24)29-16)10-12-5-3-4-6-14(12)22(25)26/h3-9H,10H2,1-2H3/b16-9-. The monoisotopic (exact) mass is 478 g/mol. The number of hydrogen-bond acceptors (Lipinski definition) is 7. The van der Waals surface area contributed by atoms with Gasteiger partial charge in [0, 0.05) is 11.6 Å². The van der Waals surface area contributed by atoms with Crippen LogP contribution in [0.15, 0.2) is 45.8 Å². The predicted molar refractivity (Wildman–Crippen MR) is 112 cm³/mol. The van der Waals surface area contributed by atoms with Crippen LogP contribution in [0.3, 0.4) is 0 Å². The minimum Gasteiger partial charge on any atom is -0.493 e. The molecule has 0 N–H and O–H groups in total. The molecule has 29 heavy (non-hydrogen) atoms. The van der Waals surface area contributed by atoms with Gasteiger partial charge in [0.2, 0.25) is 0 Å². The van der Waals surface area contributed by atoms with Crippen molar-refractivity contribution in [2.24, 2.45) is 0 Å². The van der Waals surface area contributed by atoms with Crippen molar-refractivity contribution >= 4 is 50.6 Å². The van der Waals surface area contributed by atoms with Crippen LogP contribution in [-0.2, 0) is 11.3 Å². The molecule has 1 aliphatic heterocycles. The summed E-state index contributed by atoms with van der Waals surface area (Å²) < 4.78 is 11.2. The Morgan fingerprint density at radius 2 is 1.93 bits per heavy atom. The van der Waals surface area contributed by atoms with E-state index in [-0.39, 0.29) is 22.7 Å². The van der Waals surface area contributed by atoms with Crippen LogP contribution in [0.25, 0.3) is 6.08 Å². The Morgan fingerprint density at radius 1 is 1.21 bits per heavy atom. The van der Waals surface area contributed by atoms with Gasteiger partial charge >= 0.3 is 0 Å². The maximum atomic E-state index is 12.7. The Kier molecular flexibility index (Phi) is 6.23. The first-order valence-electron chi connectivity index (χ1n) is 8.25. The third kappa shape index (κ3) is 4.28. The lowest BCUT2D eigenvalue weighted by atomic mass is 10.1. The van der Waals surface area contributed by atoms with Gasteiger partial charge in [-0.2, -0.15) is 0 Å². The normalized spacial score (nSPS) is 15.1. The summed E-state index contributed by atoms with van der Waals surface area (Å²) >= 11 is 4.17. The van der Waals surface area contributed by atoms with Crippen LogP contribution in [0.1, 0.15) is 11.1 Å². The topological polar surface area (TPSA) is 99.0 Å². The van der Waals surface area contributed by atoms with Gasteiger partial charge in [-0.15, -0.1) is 0 Å². The molecule has 150 valence electrons. The first-order chi connectivity index (χ1) is 13.8. The van der Waals surface area contributed by atoms with E-state index in [1.54, 1.807) is 24.3 Å². The molecule has 8 nitrogen and oxygen atoms in total. The van der Waals surface area contributed by atoms with Crippen LogP contribution >= 0.6 is 27.7 Å². The molecular weight excluding hydrogens is 464 g/mol. The summed E-state index contributed by atoms with van der Waals surface area (Å²) in [5.41, 5.74) is 0.778. The maximum absolute atomic E-state index is 12.7.